The van der Waals surface area contributed by atoms with Crippen molar-refractivity contribution in [2.75, 3.05) is 13.2 Å². The predicted molar refractivity (Wildman–Crippen MR) is 228 cm³/mol. The molecule has 1 aromatic carbocycles. The summed E-state index contributed by atoms with van der Waals surface area (Å²) in [5.41, 5.74) is -3.05. The van der Waals surface area contributed by atoms with Crippen molar-refractivity contribution in [2.45, 2.75) is 173 Å². The number of aliphatic hydroxyl groups is 7. The fourth-order valence-corrected chi connectivity index (χ4v) is 14.5. The van der Waals surface area contributed by atoms with Crippen LogP contribution in [0.4, 0.5) is 0 Å². The number of allylic oxidation sites excluding steroid dienone is 1. The van der Waals surface area contributed by atoms with Gasteiger partial charge in [0.1, 0.15) is 49.3 Å². The van der Waals surface area contributed by atoms with Gasteiger partial charge in [-0.25, -0.2) is 4.79 Å². The van der Waals surface area contributed by atoms with Gasteiger partial charge in [0.2, 0.25) is 6.29 Å². The first-order chi connectivity index (χ1) is 30.3. The van der Waals surface area contributed by atoms with Crippen LogP contribution < -0.4 is 0 Å². The fourth-order valence-electron chi connectivity index (χ4n) is 14.5. The van der Waals surface area contributed by atoms with E-state index < -0.39 is 113 Å². The van der Waals surface area contributed by atoms with Gasteiger partial charge in [0, 0.05) is 5.92 Å². The second-order valence-electron chi connectivity index (χ2n) is 22.2. The molecule has 364 valence electrons. The van der Waals surface area contributed by atoms with Crippen LogP contribution in [0.1, 0.15) is 117 Å². The highest BCUT2D eigenvalue weighted by molar-refractivity contribution is 5.91. The number of esters is 2. The van der Waals surface area contributed by atoms with Crippen molar-refractivity contribution in [1.82, 2.24) is 0 Å². The quantitative estimate of drug-likeness (QED) is 0.0815. The number of ether oxygens (including phenoxy) is 5. The molecule has 65 heavy (non-hydrogen) atoms. The summed E-state index contributed by atoms with van der Waals surface area (Å²) in [5.74, 6) is -4.58. The Morgan fingerprint density at radius 2 is 1.43 bits per heavy atom. The second kappa shape index (κ2) is 16.6. The van der Waals surface area contributed by atoms with Crippen LogP contribution in [0, 0.1) is 50.7 Å². The summed E-state index contributed by atoms with van der Waals surface area (Å²) in [7, 11) is 0. The number of phenolic OH excluding ortho intramolecular Hbond substituents is 3. The first-order valence-corrected chi connectivity index (χ1v) is 23.3. The van der Waals surface area contributed by atoms with Gasteiger partial charge in [0.05, 0.1) is 29.3 Å². The average molecular weight is 919 g/mol. The van der Waals surface area contributed by atoms with Crippen LogP contribution in [0.5, 0.6) is 17.2 Å². The number of aromatic hydroxyl groups is 3. The molecule has 19 atom stereocenters. The summed E-state index contributed by atoms with van der Waals surface area (Å²) in [5, 5.41) is 106. The molecule has 2 saturated heterocycles. The van der Waals surface area contributed by atoms with Crippen molar-refractivity contribution in [3.8, 4) is 17.2 Å². The number of carbonyl (C=O) groups is 2. The molecule has 5 aliphatic carbocycles. The van der Waals surface area contributed by atoms with E-state index in [-0.39, 0.29) is 52.3 Å². The molecule has 8 rings (SSSR count). The fraction of sp³-hybridized carbons (Fsp3) is 0.792. The first-order valence-electron chi connectivity index (χ1n) is 23.3. The smallest absolute Gasteiger partial charge is 0.338 e. The van der Waals surface area contributed by atoms with Crippen molar-refractivity contribution in [1.29, 1.82) is 0 Å². The summed E-state index contributed by atoms with van der Waals surface area (Å²) >= 11 is 0. The highest BCUT2D eigenvalue weighted by Crippen LogP contribution is 2.76. The van der Waals surface area contributed by atoms with Gasteiger partial charge in [-0.2, -0.15) is 0 Å². The van der Waals surface area contributed by atoms with Gasteiger partial charge < -0.3 is 74.7 Å². The van der Waals surface area contributed by atoms with Crippen LogP contribution in [0.2, 0.25) is 0 Å². The zero-order valence-electron chi connectivity index (χ0n) is 38.4. The molecule has 0 amide bonds. The van der Waals surface area contributed by atoms with E-state index >= 15 is 0 Å². The highest BCUT2D eigenvalue weighted by Gasteiger charge is 2.72. The lowest BCUT2D eigenvalue weighted by Gasteiger charge is -2.72. The van der Waals surface area contributed by atoms with Crippen LogP contribution in [0.3, 0.4) is 0 Å². The van der Waals surface area contributed by atoms with E-state index in [1.54, 1.807) is 6.92 Å². The molecule has 0 bridgehead atoms. The third-order valence-corrected chi connectivity index (χ3v) is 18.7. The van der Waals surface area contributed by atoms with E-state index in [9.17, 15) is 60.7 Å². The summed E-state index contributed by atoms with van der Waals surface area (Å²) in [4.78, 5) is 27.8. The molecular weight excluding hydrogens is 849 g/mol. The Balaban J connectivity index is 1.04. The van der Waals surface area contributed by atoms with Crippen LogP contribution in [0.25, 0.3) is 0 Å². The molecule has 4 saturated carbocycles. The van der Waals surface area contributed by atoms with Crippen molar-refractivity contribution >= 4 is 11.9 Å². The van der Waals surface area contributed by atoms with Gasteiger partial charge in [-0.05, 0) is 116 Å². The van der Waals surface area contributed by atoms with E-state index in [0.29, 0.717) is 32.1 Å². The van der Waals surface area contributed by atoms with Crippen LogP contribution >= 0.6 is 0 Å². The lowest BCUT2D eigenvalue weighted by molar-refractivity contribution is -0.308. The number of fused-ring (bicyclic) bond motifs is 7. The molecular formula is C48H70O17. The molecule has 17 nitrogen and oxygen atoms in total. The largest absolute Gasteiger partial charge is 0.504 e. The SMILES string of the molecule is C[C@@H]1CC[C@]2(C(=O)O[C@@H]3O[C@H](COC(=O)c4cc(O)c(O)c(O)c4)[C@@H](O)[C@H](O)[C@H]3O)CC[C@]3(C)C(=CC[C@@H]4[C@@]5(C)CC[C@H](O[C@@H]6OC[C@H](O)[C@H](O)[C@H]6O)C(C)(C)[C@@H]5CC[C@]43C)C2[C@]1(C)O. The van der Waals surface area contributed by atoms with E-state index in [1.165, 1.54) is 0 Å². The normalized spacial score (nSPS) is 48.1. The van der Waals surface area contributed by atoms with E-state index in [2.05, 4.69) is 40.7 Å². The van der Waals surface area contributed by atoms with Crippen LogP contribution in [-0.2, 0) is 28.5 Å². The van der Waals surface area contributed by atoms with Crippen molar-refractivity contribution in [3.05, 3.63) is 29.3 Å². The van der Waals surface area contributed by atoms with Gasteiger partial charge in [0.25, 0.3) is 0 Å². The summed E-state index contributed by atoms with van der Waals surface area (Å²) in [6.45, 7) is 14.5. The van der Waals surface area contributed by atoms with E-state index in [1.807, 2.05) is 6.92 Å². The number of hydrogen-bond donors (Lipinski definition) is 10. The maximum absolute atomic E-state index is 15.0. The Labute approximate surface area is 379 Å². The number of benzene rings is 1. The second-order valence-corrected chi connectivity index (χ2v) is 22.2. The maximum Gasteiger partial charge on any atom is 0.338 e. The Hall–Kier alpha value is -3.10. The molecule has 7 aliphatic rings. The zero-order valence-corrected chi connectivity index (χ0v) is 38.4. The minimum atomic E-state index is -1.88. The van der Waals surface area contributed by atoms with Gasteiger partial charge in [-0.1, -0.05) is 53.2 Å². The van der Waals surface area contributed by atoms with E-state index in [0.717, 1.165) is 43.4 Å². The number of rotatable bonds is 7. The summed E-state index contributed by atoms with van der Waals surface area (Å²) in [6.07, 6.45) is -5.89. The maximum atomic E-state index is 15.0. The standard InChI is InChI=1S/C48H70O17/c1-22-10-15-48(42(59)65-41-37(57)35(55)34(54)28(63-41)21-61-39(58)23-18-25(49)32(52)26(50)19-23)17-16-45(5)24(38(48)47(22,7)60)8-9-30-44(4)13-12-31(43(2,3)29(44)11-14-46(30,45)6)64-40-36(56)33(53)27(51)20-62-40/h8,18-19,22,27-31,33-38,40-41,49-57,60H,9-17,20-21H2,1-7H3/t22-,27+,28-,29+,30-,31+,33+,34-,35+,36-,37-,38?,40+,41+,44+,45-,46-,47-,48+/m1/s1. The Morgan fingerprint density at radius 3 is 2.11 bits per heavy atom. The van der Waals surface area contributed by atoms with Gasteiger partial charge in [-0.15, -0.1) is 0 Å². The Morgan fingerprint density at radius 1 is 0.769 bits per heavy atom. The summed E-state index contributed by atoms with van der Waals surface area (Å²) in [6, 6.07) is 1.73. The highest BCUT2D eigenvalue weighted by atomic mass is 16.7. The molecule has 0 spiro atoms. The average Bonchev–Trinajstić information content (AvgIpc) is 3.24. The minimum Gasteiger partial charge on any atom is -0.504 e. The van der Waals surface area contributed by atoms with Crippen molar-refractivity contribution < 1.29 is 84.3 Å². The lowest BCUT2D eigenvalue weighted by atomic mass is 9.33. The molecule has 0 radical (unpaired) electrons. The third kappa shape index (κ3) is 7.32. The number of phenols is 3. The van der Waals surface area contributed by atoms with Crippen molar-refractivity contribution in [3.63, 3.8) is 0 Å². The minimum absolute atomic E-state index is 0.128. The number of aliphatic hydroxyl groups excluding tert-OH is 6. The number of carbonyl (C=O) groups excluding carboxylic acids is 2. The lowest BCUT2D eigenvalue weighted by Crippen LogP contribution is -2.68. The molecule has 10 N–H and O–H groups in total. The predicted octanol–water partition coefficient (Wildman–Crippen LogP) is 2.91. The molecule has 17 heteroatoms. The molecule has 2 heterocycles. The molecule has 6 fully saturated rings. The first kappa shape index (κ1) is 48.4. The molecule has 1 aromatic rings. The molecule has 1 unspecified atom stereocenters. The van der Waals surface area contributed by atoms with Gasteiger partial charge >= 0.3 is 11.9 Å². The van der Waals surface area contributed by atoms with Crippen molar-refractivity contribution in [2.24, 2.45) is 50.7 Å². The molecule has 2 aliphatic heterocycles. The molecule has 0 aromatic heterocycles. The zero-order chi connectivity index (χ0) is 47.6. The summed E-state index contributed by atoms with van der Waals surface area (Å²) < 4.78 is 29.3. The number of hydrogen-bond acceptors (Lipinski definition) is 17. The topological polar surface area (TPSA) is 283 Å². The van der Waals surface area contributed by atoms with E-state index in [4.69, 9.17) is 23.7 Å². The van der Waals surface area contributed by atoms with Crippen LogP contribution in [0.15, 0.2) is 23.8 Å². The Bertz CT molecular complexity index is 2020. The van der Waals surface area contributed by atoms with Gasteiger partial charge in [-0.3, -0.25) is 4.79 Å². The Kier molecular flexibility index (Phi) is 12.3. The van der Waals surface area contributed by atoms with Crippen LogP contribution in [-0.4, -0.2) is 143 Å². The monoisotopic (exact) mass is 918 g/mol. The van der Waals surface area contributed by atoms with Gasteiger partial charge in [0.15, 0.2) is 23.5 Å². The third-order valence-electron chi connectivity index (χ3n) is 18.7.